The Kier molecular flexibility index (Phi) is 5.05. The Bertz CT molecular complexity index is 1340. The Morgan fingerprint density at radius 3 is 2.52 bits per heavy atom. The van der Waals surface area contributed by atoms with Crippen LogP contribution in [0.25, 0.3) is 22.0 Å². The monoisotopic (exact) mass is 427 g/mol. The third kappa shape index (κ3) is 3.41. The molecule has 1 saturated carbocycles. The summed E-state index contributed by atoms with van der Waals surface area (Å²) >= 11 is 6.70. The summed E-state index contributed by atoms with van der Waals surface area (Å²) in [5.74, 6) is -0.135. The van der Waals surface area contributed by atoms with Crippen molar-refractivity contribution in [3.63, 3.8) is 0 Å². The van der Waals surface area contributed by atoms with Gasteiger partial charge in [-0.2, -0.15) is 14.8 Å². The molecule has 1 N–H and O–H groups in total. The Labute approximate surface area is 184 Å². The van der Waals surface area contributed by atoms with Crippen LogP contribution in [0, 0.1) is 23.2 Å². The van der Waals surface area contributed by atoms with Gasteiger partial charge in [0.15, 0.2) is 0 Å². The van der Waals surface area contributed by atoms with Crippen molar-refractivity contribution < 1.29 is 4.39 Å². The van der Waals surface area contributed by atoms with Crippen molar-refractivity contribution in [3.05, 3.63) is 100.0 Å². The number of H-pyrrole nitrogens is 1. The highest BCUT2D eigenvalue weighted by Gasteiger charge is 2.29. The molecule has 0 amide bonds. The van der Waals surface area contributed by atoms with E-state index in [2.05, 4.69) is 16.3 Å². The molecule has 3 nitrogen and oxygen atoms in total. The van der Waals surface area contributed by atoms with Gasteiger partial charge in [-0.3, -0.25) is 5.10 Å². The lowest BCUT2D eigenvalue weighted by atomic mass is 9.72. The van der Waals surface area contributed by atoms with Crippen molar-refractivity contribution >= 4 is 33.7 Å². The van der Waals surface area contributed by atoms with Crippen LogP contribution in [0.3, 0.4) is 0 Å². The van der Waals surface area contributed by atoms with E-state index < -0.39 is 5.95 Å². The topological polar surface area (TPSA) is 52.5 Å². The lowest BCUT2D eigenvalue weighted by molar-refractivity contribution is 0.401. The summed E-state index contributed by atoms with van der Waals surface area (Å²) in [5, 5.41) is 16.9. The number of nitriles is 1. The van der Waals surface area contributed by atoms with E-state index in [-0.39, 0.29) is 0 Å². The zero-order valence-electron chi connectivity index (χ0n) is 16.7. The number of fused-ring (bicyclic) bond motifs is 1. The van der Waals surface area contributed by atoms with E-state index >= 15 is 0 Å². The van der Waals surface area contributed by atoms with Crippen LogP contribution in [-0.2, 0) is 0 Å². The largest absolute Gasteiger partial charge is 0.252 e. The SMILES string of the molecule is N#Cc1ccc(/C(=C(\c2ccccc2)c2cccc3n[nH]c(F)c23)C2CCC2)c(Cl)c1. The van der Waals surface area contributed by atoms with Crippen LogP contribution in [0.4, 0.5) is 4.39 Å². The van der Waals surface area contributed by atoms with Gasteiger partial charge in [-0.15, -0.1) is 0 Å². The first kappa shape index (κ1) is 19.5. The van der Waals surface area contributed by atoms with Crippen molar-refractivity contribution in [2.75, 3.05) is 0 Å². The lowest BCUT2D eigenvalue weighted by Gasteiger charge is -2.32. The summed E-state index contributed by atoms with van der Waals surface area (Å²) in [7, 11) is 0. The molecule has 1 aliphatic rings. The third-order valence-electron chi connectivity index (χ3n) is 6.04. The summed E-state index contributed by atoms with van der Waals surface area (Å²) in [4.78, 5) is 0. The summed E-state index contributed by atoms with van der Waals surface area (Å²) in [5.41, 5.74) is 5.84. The van der Waals surface area contributed by atoms with Gasteiger partial charge in [-0.1, -0.05) is 66.6 Å². The molecule has 1 heterocycles. The maximum absolute atomic E-state index is 14.8. The molecule has 3 aromatic carbocycles. The number of nitrogens with one attached hydrogen (secondary N) is 1. The zero-order chi connectivity index (χ0) is 21.4. The van der Waals surface area contributed by atoms with Crippen molar-refractivity contribution in [1.29, 1.82) is 5.26 Å². The average Bonchev–Trinajstić information content (AvgIpc) is 3.14. The van der Waals surface area contributed by atoms with Gasteiger partial charge >= 0.3 is 0 Å². The number of hydrogen-bond acceptors (Lipinski definition) is 2. The normalized spacial score (nSPS) is 14.7. The first-order valence-corrected chi connectivity index (χ1v) is 10.7. The summed E-state index contributed by atoms with van der Waals surface area (Å²) in [6, 6.07) is 23.2. The molecule has 0 bridgehead atoms. The van der Waals surface area contributed by atoms with Crippen molar-refractivity contribution in [2.45, 2.75) is 19.3 Å². The second kappa shape index (κ2) is 8.02. The zero-order valence-corrected chi connectivity index (χ0v) is 17.5. The molecule has 5 rings (SSSR count). The van der Waals surface area contributed by atoms with Crippen LogP contribution in [0.1, 0.15) is 41.5 Å². The van der Waals surface area contributed by atoms with Gasteiger partial charge in [0.25, 0.3) is 0 Å². The van der Waals surface area contributed by atoms with Gasteiger partial charge in [0.1, 0.15) is 0 Å². The van der Waals surface area contributed by atoms with Crippen LogP contribution in [-0.4, -0.2) is 10.2 Å². The maximum Gasteiger partial charge on any atom is 0.217 e. The second-order valence-corrected chi connectivity index (χ2v) is 8.23. The van der Waals surface area contributed by atoms with Gasteiger partial charge in [0.05, 0.1) is 22.5 Å². The molecule has 31 heavy (non-hydrogen) atoms. The fourth-order valence-electron chi connectivity index (χ4n) is 4.36. The van der Waals surface area contributed by atoms with Gasteiger partial charge in [-0.25, -0.2) is 0 Å². The maximum atomic E-state index is 14.8. The first-order chi connectivity index (χ1) is 15.2. The fraction of sp³-hybridized carbons (Fsp3) is 0.154. The number of aromatic nitrogens is 2. The molecule has 0 spiro atoms. The molecule has 1 fully saturated rings. The van der Waals surface area contributed by atoms with Crippen molar-refractivity contribution in [1.82, 2.24) is 10.2 Å². The molecule has 4 aromatic rings. The Morgan fingerprint density at radius 2 is 1.84 bits per heavy atom. The molecule has 0 saturated heterocycles. The summed E-state index contributed by atoms with van der Waals surface area (Å²) in [6.45, 7) is 0. The quantitative estimate of drug-likeness (QED) is 0.357. The molecule has 5 heteroatoms. The average molecular weight is 428 g/mol. The van der Waals surface area contributed by atoms with Crippen LogP contribution in [0.5, 0.6) is 0 Å². The van der Waals surface area contributed by atoms with Gasteiger partial charge in [-0.05, 0) is 64.8 Å². The van der Waals surface area contributed by atoms with E-state index in [0.29, 0.717) is 27.4 Å². The molecule has 0 aliphatic heterocycles. The minimum Gasteiger partial charge on any atom is -0.252 e. The highest BCUT2D eigenvalue weighted by atomic mass is 35.5. The molecular weight excluding hydrogens is 409 g/mol. The summed E-state index contributed by atoms with van der Waals surface area (Å²) < 4.78 is 14.8. The van der Waals surface area contributed by atoms with E-state index in [0.717, 1.165) is 47.1 Å². The van der Waals surface area contributed by atoms with Crippen LogP contribution in [0.2, 0.25) is 5.02 Å². The van der Waals surface area contributed by atoms with E-state index in [1.165, 1.54) is 0 Å². The van der Waals surface area contributed by atoms with E-state index in [4.69, 9.17) is 11.6 Å². The Morgan fingerprint density at radius 1 is 1.03 bits per heavy atom. The number of nitrogens with zero attached hydrogens (tertiary/aromatic N) is 2. The predicted molar refractivity (Wildman–Crippen MR) is 122 cm³/mol. The number of aromatic amines is 1. The smallest absolute Gasteiger partial charge is 0.217 e. The number of allylic oxidation sites excluding steroid dienone is 1. The highest BCUT2D eigenvalue weighted by Crippen LogP contribution is 2.47. The molecule has 0 atom stereocenters. The molecule has 1 aliphatic carbocycles. The summed E-state index contributed by atoms with van der Waals surface area (Å²) in [6.07, 6.45) is 3.24. The standard InChI is InChI=1S/C26H19ClFN3/c27-21-14-16(15-29)12-13-19(21)23(18-8-4-9-18)24(17-6-2-1-3-7-17)20-10-5-11-22-25(20)26(28)31-30-22/h1-3,5-7,10-14,18H,4,8-9H2,(H,30,31)/b24-23+. The van der Waals surface area contributed by atoms with E-state index in [1.807, 2.05) is 48.5 Å². The van der Waals surface area contributed by atoms with E-state index in [1.54, 1.807) is 18.2 Å². The molecule has 0 unspecified atom stereocenters. The minimum atomic E-state index is -0.446. The van der Waals surface area contributed by atoms with E-state index in [9.17, 15) is 9.65 Å². The molecule has 0 radical (unpaired) electrons. The first-order valence-electron chi connectivity index (χ1n) is 10.3. The molecule has 152 valence electrons. The van der Waals surface area contributed by atoms with Crippen LogP contribution < -0.4 is 0 Å². The van der Waals surface area contributed by atoms with Crippen LogP contribution in [0.15, 0.2) is 66.7 Å². The second-order valence-electron chi connectivity index (χ2n) is 7.83. The fourth-order valence-corrected chi connectivity index (χ4v) is 4.64. The number of rotatable bonds is 4. The van der Waals surface area contributed by atoms with Gasteiger partial charge in [0.2, 0.25) is 5.95 Å². The van der Waals surface area contributed by atoms with Crippen LogP contribution >= 0.6 is 11.6 Å². The molecule has 1 aromatic heterocycles. The lowest BCUT2D eigenvalue weighted by Crippen LogP contribution is -2.15. The number of halogens is 2. The number of benzene rings is 3. The van der Waals surface area contributed by atoms with Gasteiger partial charge in [0, 0.05) is 5.02 Å². The third-order valence-corrected chi connectivity index (χ3v) is 6.35. The Hall–Kier alpha value is -3.42. The highest BCUT2D eigenvalue weighted by molar-refractivity contribution is 6.33. The van der Waals surface area contributed by atoms with Crippen molar-refractivity contribution in [2.24, 2.45) is 5.92 Å². The number of hydrogen-bond donors (Lipinski definition) is 1. The van der Waals surface area contributed by atoms with Crippen molar-refractivity contribution in [3.8, 4) is 6.07 Å². The minimum absolute atomic E-state index is 0.311. The predicted octanol–water partition coefficient (Wildman–Crippen LogP) is 6.99. The van der Waals surface area contributed by atoms with Gasteiger partial charge < -0.3 is 0 Å². The Balaban J connectivity index is 1.89. The molecular formula is C26H19ClFN3.